The highest BCUT2D eigenvalue weighted by atomic mass is 35.5. The quantitative estimate of drug-likeness (QED) is 0.714. The molecule has 8 heteroatoms. The second-order valence-corrected chi connectivity index (χ2v) is 8.74. The summed E-state index contributed by atoms with van der Waals surface area (Å²) in [7, 11) is 0. The van der Waals surface area contributed by atoms with Crippen LogP contribution in [0.25, 0.3) is 0 Å². The molecule has 33 heavy (non-hydrogen) atoms. The number of carbonyl (C=O) groups excluding carboxylic acids is 1. The Morgan fingerprint density at radius 1 is 0.818 bits per heavy atom. The minimum Gasteiger partial charge on any atom is -0.378 e. The molecule has 3 fully saturated rings. The summed E-state index contributed by atoms with van der Waals surface area (Å²) in [5.41, 5.74) is 2.71. The minimum atomic E-state index is 0. The minimum absolute atomic E-state index is 0. The molecule has 3 aliphatic rings. The first-order valence-corrected chi connectivity index (χ1v) is 11.5. The first kappa shape index (κ1) is 25.8. The third-order valence-electron chi connectivity index (χ3n) is 6.94. The predicted octanol–water partition coefficient (Wildman–Crippen LogP) is 3.07. The van der Waals surface area contributed by atoms with Crippen LogP contribution in [0.15, 0.2) is 60.7 Å². The number of nitrogens with zero attached hydrogens (tertiary/aromatic N) is 3. The summed E-state index contributed by atoms with van der Waals surface area (Å²) in [5, 5.41) is 3.68. The van der Waals surface area contributed by atoms with Crippen molar-refractivity contribution in [3.8, 4) is 0 Å². The standard InChI is InChI=1S/C25H32N4O2.2ClH/c30-25(27-13-15-31-16-14-27)28-11-12-29-22(19-28)17-26-18-23(29)24(20-7-3-1-4-8-20)21-9-5-2-6-10-21;;/h1-10,22-24,26H,11-19H2;2*1H/t22-,23+;;/m1../s1. The smallest absolute Gasteiger partial charge is 0.320 e. The molecule has 3 aliphatic heterocycles. The third-order valence-corrected chi connectivity index (χ3v) is 6.94. The number of hydrogen-bond donors (Lipinski definition) is 1. The Morgan fingerprint density at radius 2 is 1.42 bits per heavy atom. The number of hydrogen-bond acceptors (Lipinski definition) is 4. The molecular weight excluding hydrogens is 459 g/mol. The second-order valence-electron chi connectivity index (χ2n) is 8.74. The summed E-state index contributed by atoms with van der Waals surface area (Å²) in [5.74, 6) is 0.305. The van der Waals surface area contributed by atoms with Crippen LogP contribution in [0.2, 0.25) is 0 Å². The average Bonchev–Trinajstić information content (AvgIpc) is 2.85. The molecule has 5 rings (SSSR count). The van der Waals surface area contributed by atoms with Gasteiger partial charge in [0.1, 0.15) is 0 Å². The van der Waals surface area contributed by atoms with Crippen molar-refractivity contribution in [2.45, 2.75) is 18.0 Å². The number of piperazine rings is 2. The fraction of sp³-hybridized carbons (Fsp3) is 0.480. The molecule has 0 spiro atoms. The van der Waals surface area contributed by atoms with E-state index < -0.39 is 0 Å². The van der Waals surface area contributed by atoms with Crippen molar-refractivity contribution in [1.82, 2.24) is 20.0 Å². The highest BCUT2D eigenvalue weighted by Crippen LogP contribution is 2.34. The Morgan fingerprint density at radius 3 is 2.03 bits per heavy atom. The molecule has 1 N–H and O–H groups in total. The maximum Gasteiger partial charge on any atom is 0.320 e. The van der Waals surface area contributed by atoms with E-state index in [1.165, 1.54) is 11.1 Å². The van der Waals surface area contributed by atoms with E-state index in [2.05, 4.69) is 75.8 Å². The molecule has 0 saturated carbocycles. The Labute approximate surface area is 209 Å². The zero-order valence-electron chi connectivity index (χ0n) is 18.8. The van der Waals surface area contributed by atoms with Crippen molar-refractivity contribution in [3.05, 3.63) is 71.8 Å². The molecule has 0 aromatic heterocycles. The van der Waals surface area contributed by atoms with E-state index in [0.29, 0.717) is 44.3 Å². The maximum atomic E-state index is 13.0. The third kappa shape index (κ3) is 5.64. The summed E-state index contributed by atoms with van der Waals surface area (Å²) in [6, 6.07) is 22.6. The largest absolute Gasteiger partial charge is 0.378 e. The number of ether oxygens (including phenoxy) is 1. The number of amides is 2. The van der Waals surface area contributed by atoms with Crippen LogP contribution in [0.3, 0.4) is 0 Å². The first-order chi connectivity index (χ1) is 15.3. The summed E-state index contributed by atoms with van der Waals surface area (Å²) in [4.78, 5) is 19.7. The van der Waals surface area contributed by atoms with E-state index in [-0.39, 0.29) is 30.8 Å². The molecule has 3 saturated heterocycles. The van der Waals surface area contributed by atoms with Crippen molar-refractivity contribution < 1.29 is 9.53 Å². The van der Waals surface area contributed by atoms with Crippen LogP contribution in [0.5, 0.6) is 0 Å². The molecule has 6 nitrogen and oxygen atoms in total. The lowest BCUT2D eigenvalue weighted by Crippen LogP contribution is -2.67. The maximum absolute atomic E-state index is 13.0. The fourth-order valence-electron chi connectivity index (χ4n) is 5.40. The van der Waals surface area contributed by atoms with Crippen LogP contribution in [-0.4, -0.2) is 91.8 Å². The van der Waals surface area contributed by atoms with E-state index in [4.69, 9.17) is 4.74 Å². The lowest BCUT2D eigenvalue weighted by molar-refractivity contribution is 0.00751. The molecule has 0 bridgehead atoms. The number of halogens is 2. The van der Waals surface area contributed by atoms with Gasteiger partial charge in [0, 0.05) is 63.8 Å². The number of urea groups is 1. The van der Waals surface area contributed by atoms with Gasteiger partial charge in [-0.1, -0.05) is 60.7 Å². The Hall–Kier alpha value is -1.83. The SMILES string of the molecule is Cl.Cl.O=C(N1CCOCC1)N1CCN2[C@H](CNC[C@H]2C(c2ccccc2)c2ccccc2)C1. The Bertz CT molecular complexity index is 828. The van der Waals surface area contributed by atoms with E-state index in [0.717, 1.165) is 32.7 Å². The lowest BCUT2D eigenvalue weighted by Gasteiger charge is -2.51. The summed E-state index contributed by atoms with van der Waals surface area (Å²) in [6.07, 6.45) is 0. The van der Waals surface area contributed by atoms with Crippen LogP contribution < -0.4 is 5.32 Å². The zero-order chi connectivity index (χ0) is 21.0. The van der Waals surface area contributed by atoms with Gasteiger partial charge >= 0.3 is 6.03 Å². The molecule has 2 amide bonds. The summed E-state index contributed by atoms with van der Waals surface area (Å²) >= 11 is 0. The van der Waals surface area contributed by atoms with Crippen molar-refractivity contribution in [2.75, 3.05) is 59.0 Å². The first-order valence-electron chi connectivity index (χ1n) is 11.5. The monoisotopic (exact) mass is 492 g/mol. The number of carbonyl (C=O) groups is 1. The van der Waals surface area contributed by atoms with E-state index in [9.17, 15) is 4.79 Å². The van der Waals surface area contributed by atoms with Crippen LogP contribution in [-0.2, 0) is 4.74 Å². The van der Waals surface area contributed by atoms with Gasteiger partial charge in [-0.2, -0.15) is 0 Å². The van der Waals surface area contributed by atoms with Gasteiger partial charge in [0.05, 0.1) is 13.2 Å². The number of nitrogens with one attached hydrogen (secondary N) is 1. The summed E-state index contributed by atoms with van der Waals surface area (Å²) in [6.45, 7) is 7.09. The Kier molecular flexibility index (Phi) is 9.41. The molecule has 2 aromatic carbocycles. The van der Waals surface area contributed by atoms with Gasteiger partial charge in [0.15, 0.2) is 0 Å². The highest BCUT2D eigenvalue weighted by Gasteiger charge is 2.41. The molecule has 3 heterocycles. The molecular formula is C25H34Cl2N4O2. The van der Waals surface area contributed by atoms with Crippen molar-refractivity contribution >= 4 is 30.8 Å². The normalized spacial score (nSPS) is 23.3. The van der Waals surface area contributed by atoms with Crippen molar-refractivity contribution in [3.63, 3.8) is 0 Å². The molecule has 0 unspecified atom stereocenters. The Balaban J connectivity index is 0.00000153. The van der Waals surface area contributed by atoms with Crippen LogP contribution in [0, 0.1) is 0 Å². The van der Waals surface area contributed by atoms with Gasteiger partial charge in [0.2, 0.25) is 0 Å². The van der Waals surface area contributed by atoms with E-state index >= 15 is 0 Å². The zero-order valence-corrected chi connectivity index (χ0v) is 20.5. The second kappa shape index (κ2) is 12.0. The van der Waals surface area contributed by atoms with Gasteiger partial charge in [-0.3, -0.25) is 4.90 Å². The average molecular weight is 493 g/mol. The highest BCUT2D eigenvalue weighted by molar-refractivity contribution is 5.85. The molecule has 2 aromatic rings. The van der Waals surface area contributed by atoms with Crippen molar-refractivity contribution in [1.29, 1.82) is 0 Å². The van der Waals surface area contributed by atoms with Gasteiger partial charge in [-0.25, -0.2) is 4.79 Å². The number of benzene rings is 2. The summed E-state index contributed by atoms with van der Waals surface area (Å²) < 4.78 is 5.42. The van der Waals surface area contributed by atoms with E-state index in [1.807, 2.05) is 4.90 Å². The molecule has 2 atom stereocenters. The number of rotatable bonds is 3. The van der Waals surface area contributed by atoms with Crippen LogP contribution in [0.1, 0.15) is 17.0 Å². The van der Waals surface area contributed by atoms with E-state index in [1.54, 1.807) is 0 Å². The van der Waals surface area contributed by atoms with Crippen molar-refractivity contribution in [2.24, 2.45) is 0 Å². The van der Waals surface area contributed by atoms with Gasteiger partial charge < -0.3 is 19.9 Å². The molecule has 0 aliphatic carbocycles. The number of morpholine rings is 1. The molecule has 180 valence electrons. The fourth-order valence-corrected chi connectivity index (χ4v) is 5.40. The number of fused-ring (bicyclic) bond motifs is 1. The lowest BCUT2D eigenvalue weighted by atomic mass is 9.82. The van der Waals surface area contributed by atoms with Gasteiger partial charge in [-0.15, -0.1) is 24.8 Å². The molecule has 0 radical (unpaired) electrons. The van der Waals surface area contributed by atoms with Gasteiger partial charge in [0.25, 0.3) is 0 Å². The van der Waals surface area contributed by atoms with Crippen LogP contribution >= 0.6 is 24.8 Å². The predicted molar refractivity (Wildman–Crippen MR) is 136 cm³/mol. The van der Waals surface area contributed by atoms with Gasteiger partial charge in [-0.05, 0) is 11.1 Å². The topological polar surface area (TPSA) is 48.1 Å². The van der Waals surface area contributed by atoms with Crippen LogP contribution in [0.4, 0.5) is 4.79 Å².